The number of furan rings is 1. The molecule has 0 aliphatic heterocycles. The number of nitrogens with zero attached hydrogens (tertiary/aromatic N) is 1. The van der Waals surface area contributed by atoms with Gasteiger partial charge in [0.1, 0.15) is 23.0 Å². The monoisotopic (exact) mass is 301 g/mol. The lowest BCUT2D eigenvalue weighted by molar-refractivity contribution is 0.482. The van der Waals surface area contributed by atoms with Gasteiger partial charge in [-0.15, -0.1) is 0 Å². The van der Waals surface area contributed by atoms with Crippen molar-refractivity contribution in [1.29, 1.82) is 0 Å². The summed E-state index contributed by atoms with van der Waals surface area (Å²) in [4.78, 5) is 3.99. The molecule has 0 radical (unpaired) electrons. The fraction of sp³-hybridized carbons (Fsp3) is 0.0500. The first kappa shape index (κ1) is 13.6. The number of ether oxygens (including phenoxy) is 1. The van der Waals surface area contributed by atoms with Gasteiger partial charge in [0, 0.05) is 18.0 Å². The summed E-state index contributed by atoms with van der Waals surface area (Å²) in [6, 6.07) is 20.0. The second-order valence-electron chi connectivity index (χ2n) is 5.42. The first-order valence-corrected chi connectivity index (χ1v) is 7.46. The van der Waals surface area contributed by atoms with Crippen LogP contribution < -0.4 is 4.74 Å². The quantitative estimate of drug-likeness (QED) is 0.494. The molecule has 4 aromatic rings. The number of aryl methyl sites for hydroxylation is 1. The summed E-state index contributed by atoms with van der Waals surface area (Å²) in [5, 5.41) is 2.28. The number of benzene rings is 2. The molecule has 0 fully saturated rings. The summed E-state index contributed by atoms with van der Waals surface area (Å²) < 4.78 is 11.6. The number of fused-ring (bicyclic) bond motifs is 1. The van der Waals surface area contributed by atoms with Crippen molar-refractivity contribution in [1.82, 2.24) is 4.98 Å². The van der Waals surface area contributed by atoms with Gasteiger partial charge in [0.15, 0.2) is 0 Å². The topological polar surface area (TPSA) is 35.3 Å². The van der Waals surface area contributed by atoms with Crippen LogP contribution in [0.1, 0.15) is 5.76 Å². The van der Waals surface area contributed by atoms with E-state index in [1.807, 2.05) is 43.3 Å². The molecule has 0 amide bonds. The highest BCUT2D eigenvalue weighted by molar-refractivity contribution is 5.87. The lowest BCUT2D eigenvalue weighted by Crippen LogP contribution is -1.85. The van der Waals surface area contributed by atoms with E-state index < -0.39 is 0 Å². The number of pyridine rings is 1. The highest BCUT2D eigenvalue weighted by Crippen LogP contribution is 2.29. The molecule has 0 atom stereocenters. The number of rotatable bonds is 3. The summed E-state index contributed by atoms with van der Waals surface area (Å²) in [7, 11) is 0. The van der Waals surface area contributed by atoms with E-state index in [2.05, 4.69) is 29.2 Å². The fourth-order valence-electron chi connectivity index (χ4n) is 2.57. The van der Waals surface area contributed by atoms with E-state index in [9.17, 15) is 0 Å². The van der Waals surface area contributed by atoms with Crippen LogP contribution in [0, 0.1) is 6.92 Å². The van der Waals surface area contributed by atoms with Crippen molar-refractivity contribution in [3.8, 4) is 22.8 Å². The lowest BCUT2D eigenvalue weighted by Gasteiger charge is -2.07. The van der Waals surface area contributed by atoms with Gasteiger partial charge in [0.2, 0.25) is 0 Å². The van der Waals surface area contributed by atoms with Crippen LogP contribution >= 0.6 is 0 Å². The zero-order valence-electron chi connectivity index (χ0n) is 12.7. The SMILES string of the molecule is Cc1ccc(-c2ccc3ccc(Oc4ccncc4)cc3c2)o1. The molecule has 0 unspecified atom stereocenters. The second kappa shape index (κ2) is 5.61. The third-order valence-corrected chi connectivity index (χ3v) is 3.72. The zero-order valence-corrected chi connectivity index (χ0v) is 12.7. The molecule has 3 nitrogen and oxygen atoms in total. The molecule has 0 N–H and O–H groups in total. The van der Waals surface area contributed by atoms with Crippen LogP contribution in [0.3, 0.4) is 0 Å². The molecule has 112 valence electrons. The summed E-state index contributed by atoms with van der Waals surface area (Å²) in [5.74, 6) is 3.37. The third-order valence-electron chi connectivity index (χ3n) is 3.72. The number of hydrogen-bond acceptors (Lipinski definition) is 3. The molecule has 3 heteroatoms. The Bertz CT molecular complexity index is 958. The summed E-state index contributed by atoms with van der Waals surface area (Å²) >= 11 is 0. The Morgan fingerprint density at radius 2 is 1.61 bits per heavy atom. The molecule has 23 heavy (non-hydrogen) atoms. The maximum Gasteiger partial charge on any atom is 0.134 e. The van der Waals surface area contributed by atoms with Crippen LogP contribution in [0.2, 0.25) is 0 Å². The van der Waals surface area contributed by atoms with Gasteiger partial charge < -0.3 is 9.15 Å². The van der Waals surface area contributed by atoms with Crippen molar-refractivity contribution in [2.75, 3.05) is 0 Å². The molecule has 2 aromatic carbocycles. The van der Waals surface area contributed by atoms with E-state index in [1.165, 1.54) is 5.39 Å². The van der Waals surface area contributed by atoms with Gasteiger partial charge in [-0.1, -0.05) is 18.2 Å². The van der Waals surface area contributed by atoms with E-state index in [0.717, 1.165) is 34.0 Å². The molecule has 0 spiro atoms. The molecular weight excluding hydrogens is 286 g/mol. The molecule has 0 aliphatic rings. The Morgan fingerprint density at radius 3 is 2.39 bits per heavy atom. The Hall–Kier alpha value is -3.07. The predicted molar refractivity (Wildman–Crippen MR) is 90.7 cm³/mol. The summed E-state index contributed by atoms with van der Waals surface area (Å²) in [5.41, 5.74) is 1.06. The summed E-state index contributed by atoms with van der Waals surface area (Å²) in [6.45, 7) is 1.95. The van der Waals surface area contributed by atoms with E-state index in [0.29, 0.717) is 0 Å². The average molecular weight is 301 g/mol. The number of aromatic nitrogens is 1. The minimum atomic E-state index is 0.775. The van der Waals surface area contributed by atoms with Crippen molar-refractivity contribution in [2.45, 2.75) is 6.92 Å². The van der Waals surface area contributed by atoms with Gasteiger partial charge >= 0.3 is 0 Å². The highest BCUT2D eigenvalue weighted by Gasteiger charge is 2.05. The van der Waals surface area contributed by atoms with Crippen LogP contribution in [0.4, 0.5) is 0 Å². The second-order valence-corrected chi connectivity index (χ2v) is 5.42. The van der Waals surface area contributed by atoms with Crippen molar-refractivity contribution in [3.63, 3.8) is 0 Å². The Balaban J connectivity index is 1.72. The van der Waals surface area contributed by atoms with Gasteiger partial charge in [-0.25, -0.2) is 0 Å². The van der Waals surface area contributed by atoms with E-state index >= 15 is 0 Å². The van der Waals surface area contributed by atoms with Gasteiger partial charge in [-0.05, 0) is 60.2 Å². The standard InChI is InChI=1S/C20H15NO2/c1-14-2-7-20(22-14)16-4-3-15-5-6-19(13-17(15)12-16)23-18-8-10-21-11-9-18/h2-13H,1H3. The van der Waals surface area contributed by atoms with Gasteiger partial charge in [-0.2, -0.15) is 0 Å². The predicted octanol–water partition coefficient (Wildman–Crippen LogP) is 5.60. The Labute approximate surface area is 134 Å². The van der Waals surface area contributed by atoms with Gasteiger partial charge in [0.05, 0.1) is 0 Å². The summed E-state index contributed by atoms with van der Waals surface area (Å²) in [6.07, 6.45) is 3.43. The molecule has 2 aromatic heterocycles. The van der Waals surface area contributed by atoms with Crippen molar-refractivity contribution in [2.24, 2.45) is 0 Å². The normalized spacial score (nSPS) is 10.8. The smallest absolute Gasteiger partial charge is 0.134 e. The van der Waals surface area contributed by atoms with E-state index in [4.69, 9.17) is 9.15 Å². The molecule has 0 saturated carbocycles. The van der Waals surface area contributed by atoms with Crippen LogP contribution in [0.25, 0.3) is 22.1 Å². The fourth-order valence-corrected chi connectivity index (χ4v) is 2.57. The van der Waals surface area contributed by atoms with E-state index in [-0.39, 0.29) is 0 Å². The molecule has 0 saturated heterocycles. The first-order valence-electron chi connectivity index (χ1n) is 7.46. The minimum Gasteiger partial charge on any atom is -0.461 e. The Morgan fingerprint density at radius 1 is 0.783 bits per heavy atom. The van der Waals surface area contributed by atoms with Crippen molar-refractivity contribution >= 4 is 10.8 Å². The van der Waals surface area contributed by atoms with Crippen LogP contribution in [0.15, 0.2) is 77.5 Å². The maximum absolute atomic E-state index is 5.87. The Kier molecular flexibility index (Phi) is 3.31. The van der Waals surface area contributed by atoms with Crippen molar-refractivity contribution < 1.29 is 9.15 Å². The van der Waals surface area contributed by atoms with Crippen LogP contribution in [0.5, 0.6) is 11.5 Å². The minimum absolute atomic E-state index is 0.775. The average Bonchev–Trinajstić information content (AvgIpc) is 3.02. The zero-order chi connectivity index (χ0) is 15.6. The van der Waals surface area contributed by atoms with Gasteiger partial charge in [-0.3, -0.25) is 4.98 Å². The molecule has 0 bridgehead atoms. The van der Waals surface area contributed by atoms with Crippen molar-refractivity contribution in [3.05, 3.63) is 78.8 Å². The maximum atomic E-state index is 5.87. The first-order chi connectivity index (χ1) is 11.3. The molecule has 2 heterocycles. The largest absolute Gasteiger partial charge is 0.461 e. The molecule has 0 aliphatic carbocycles. The van der Waals surface area contributed by atoms with Crippen LogP contribution in [-0.4, -0.2) is 4.98 Å². The van der Waals surface area contributed by atoms with Crippen LogP contribution in [-0.2, 0) is 0 Å². The molecular formula is C20H15NO2. The number of hydrogen-bond donors (Lipinski definition) is 0. The lowest BCUT2D eigenvalue weighted by atomic mass is 10.1. The molecule has 4 rings (SSSR count). The van der Waals surface area contributed by atoms with Gasteiger partial charge in [0.25, 0.3) is 0 Å². The van der Waals surface area contributed by atoms with E-state index in [1.54, 1.807) is 12.4 Å². The highest BCUT2D eigenvalue weighted by atomic mass is 16.5. The third kappa shape index (κ3) is 2.81.